The van der Waals surface area contributed by atoms with Gasteiger partial charge in [0, 0.05) is 5.69 Å². The number of nitriles is 1. The van der Waals surface area contributed by atoms with E-state index in [1.807, 2.05) is 38.1 Å². The fourth-order valence-electron chi connectivity index (χ4n) is 3.19. The molecule has 0 aliphatic carbocycles. The molecule has 6 nitrogen and oxygen atoms in total. The molecule has 0 aliphatic heterocycles. The third-order valence-corrected chi connectivity index (χ3v) is 5.06. The molecule has 3 aromatic rings. The molecule has 6 heteroatoms. The fraction of sp³-hybridized carbons (Fsp3) is 0.148. The van der Waals surface area contributed by atoms with Crippen molar-refractivity contribution < 1.29 is 19.1 Å². The van der Waals surface area contributed by atoms with Gasteiger partial charge in [-0.25, -0.2) is 4.79 Å². The number of rotatable bonds is 7. The van der Waals surface area contributed by atoms with Crippen LogP contribution >= 0.6 is 0 Å². The van der Waals surface area contributed by atoms with Gasteiger partial charge in [0.15, 0.2) is 0 Å². The average molecular weight is 440 g/mol. The number of anilines is 1. The van der Waals surface area contributed by atoms with Gasteiger partial charge in [0.05, 0.1) is 12.7 Å². The number of nitrogens with zero attached hydrogens (tertiary/aromatic N) is 1. The van der Waals surface area contributed by atoms with Crippen LogP contribution in [-0.4, -0.2) is 19.0 Å². The molecule has 33 heavy (non-hydrogen) atoms. The number of para-hydroxylation sites is 1. The highest BCUT2D eigenvalue weighted by Gasteiger charge is 2.12. The van der Waals surface area contributed by atoms with Gasteiger partial charge >= 0.3 is 5.97 Å². The molecule has 3 rings (SSSR count). The lowest BCUT2D eigenvalue weighted by Crippen LogP contribution is -2.15. The molecule has 0 spiro atoms. The van der Waals surface area contributed by atoms with Crippen LogP contribution in [0.1, 0.15) is 32.6 Å². The molecule has 0 radical (unpaired) electrons. The minimum Gasteiger partial charge on any atom is -0.489 e. The zero-order valence-corrected chi connectivity index (χ0v) is 18.7. The quantitative estimate of drug-likeness (QED) is 0.309. The number of hydrogen-bond acceptors (Lipinski definition) is 5. The van der Waals surface area contributed by atoms with Crippen molar-refractivity contribution in [3.63, 3.8) is 0 Å². The lowest BCUT2D eigenvalue weighted by Gasteiger charge is -2.11. The second-order valence-electron chi connectivity index (χ2n) is 7.44. The Balaban J connectivity index is 1.64. The highest BCUT2D eigenvalue weighted by molar-refractivity contribution is 6.10. The number of aryl methyl sites for hydroxylation is 2. The van der Waals surface area contributed by atoms with E-state index in [-0.39, 0.29) is 11.5 Å². The first-order valence-electron chi connectivity index (χ1n) is 10.3. The Labute approximate surface area is 193 Å². The molecule has 1 N–H and O–H groups in total. The van der Waals surface area contributed by atoms with E-state index in [2.05, 4.69) is 10.1 Å². The topological polar surface area (TPSA) is 88.4 Å². The predicted octanol–water partition coefficient (Wildman–Crippen LogP) is 5.21. The molecule has 3 aromatic carbocycles. The van der Waals surface area contributed by atoms with Gasteiger partial charge < -0.3 is 14.8 Å². The molecule has 1 amide bonds. The van der Waals surface area contributed by atoms with Crippen LogP contribution < -0.4 is 10.1 Å². The Bertz CT molecular complexity index is 1200. The zero-order valence-electron chi connectivity index (χ0n) is 18.7. The van der Waals surface area contributed by atoms with Crippen molar-refractivity contribution in [2.75, 3.05) is 12.4 Å². The summed E-state index contributed by atoms with van der Waals surface area (Å²) in [6.45, 7) is 4.15. The first kappa shape index (κ1) is 23.3. The van der Waals surface area contributed by atoms with E-state index < -0.39 is 5.91 Å². The summed E-state index contributed by atoms with van der Waals surface area (Å²) in [4.78, 5) is 24.1. The summed E-state index contributed by atoms with van der Waals surface area (Å²) in [5.41, 5.74) is 4.68. The molecule has 0 bridgehead atoms. The van der Waals surface area contributed by atoms with Gasteiger partial charge in [-0.1, -0.05) is 42.5 Å². The summed E-state index contributed by atoms with van der Waals surface area (Å²) >= 11 is 0. The number of ether oxygens (including phenoxy) is 2. The van der Waals surface area contributed by atoms with Gasteiger partial charge in [0.1, 0.15) is 24.0 Å². The highest BCUT2D eigenvalue weighted by atomic mass is 16.5. The maximum Gasteiger partial charge on any atom is 0.337 e. The average Bonchev–Trinajstić information content (AvgIpc) is 2.84. The number of carbonyl (C=O) groups excluding carboxylic acids is 2. The van der Waals surface area contributed by atoms with Crippen LogP contribution in [0.4, 0.5) is 5.69 Å². The van der Waals surface area contributed by atoms with Gasteiger partial charge in [0.2, 0.25) is 0 Å². The number of methoxy groups -OCH3 is 1. The Morgan fingerprint density at radius 3 is 2.18 bits per heavy atom. The fourth-order valence-corrected chi connectivity index (χ4v) is 3.19. The monoisotopic (exact) mass is 440 g/mol. The lowest BCUT2D eigenvalue weighted by atomic mass is 10.1. The summed E-state index contributed by atoms with van der Waals surface area (Å²) in [6.07, 6.45) is 1.54. The van der Waals surface area contributed by atoms with Crippen molar-refractivity contribution in [3.8, 4) is 11.8 Å². The Morgan fingerprint density at radius 2 is 1.61 bits per heavy atom. The van der Waals surface area contributed by atoms with Crippen LogP contribution in [0.15, 0.2) is 72.3 Å². The minimum absolute atomic E-state index is 0.0111. The van der Waals surface area contributed by atoms with Crippen molar-refractivity contribution >= 4 is 23.6 Å². The Kier molecular flexibility index (Phi) is 7.61. The molecule has 0 aliphatic rings. The first-order chi connectivity index (χ1) is 15.9. The molecule has 0 unspecified atom stereocenters. The zero-order chi connectivity index (χ0) is 23.8. The smallest absolute Gasteiger partial charge is 0.337 e. The number of hydrogen-bond donors (Lipinski definition) is 1. The second kappa shape index (κ2) is 10.8. The van der Waals surface area contributed by atoms with Gasteiger partial charge in [-0.3, -0.25) is 4.79 Å². The number of benzene rings is 3. The van der Waals surface area contributed by atoms with Crippen molar-refractivity contribution in [2.45, 2.75) is 20.5 Å². The van der Waals surface area contributed by atoms with Crippen LogP contribution in [0.25, 0.3) is 6.08 Å². The number of carbonyl (C=O) groups is 2. The summed E-state index contributed by atoms with van der Waals surface area (Å²) < 4.78 is 10.5. The number of nitrogens with one attached hydrogen (secondary N) is 1. The summed E-state index contributed by atoms with van der Waals surface area (Å²) in [6, 6.07) is 21.8. The van der Waals surface area contributed by atoms with E-state index in [1.165, 1.54) is 13.2 Å². The Morgan fingerprint density at radius 1 is 0.970 bits per heavy atom. The number of esters is 1. The lowest BCUT2D eigenvalue weighted by molar-refractivity contribution is -0.112. The first-order valence-corrected chi connectivity index (χ1v) is 10.3. The molecule has 0 atom stereocenters. The van der Waals surface area contributed by atoms with Gasteiger partial charge in [-0.05, 0) is 66.4 Å². The van der Waals surface area contributed by atoms with Gasteiger partial charge in [0.25, 0.3) is 5.91 Å². The third-order valence-electron chi connectivity index (χ3n) is 5.06. The van der Waals surface area contributed by atoms with E-state index in [1.54, 1.807) is 48.5 Å². The van der Waals surface area contributed by atoms with E-state index in [9.17, 15) is 14.9 Å². The molecule has 0 heterocycles. The van der Waals surface area contributed by atoms with Crippen molar-refractivity contribution in [2.24, 2.45) is 0 Å². The molecular formula is C27H24N2O4. The van der Waals surface area contributed by atoms with Crippen LogP contribution in [0.5, 0.6) is 5.75 Å². The van der Waals surface area contributed by atoms with E-state index in [4.69, 9.17) is 4.74 Å². The van der Waals surface area contributed by atoms with Crippen molar-refractivity contribution in [3.05, 3.63) is 100 Å². The minimum atomic E-state index is -0.453. The van der Waals surface area contributed by atoms with Crippen LogP contribution in [-0.2, 0) is 16.1 Å². The summed E-state index contributed by atoms with van der Waals surface area (Å²) in [5, 5.41) is 12.3. The van der Waals surface area contributed by atoms with Gasteiger partial charge in [-0.15, -0.1) is 0 Å². The Hall–Kier alpha value is -4.37. The van der Waals surface area contributed by atoms with Crippen LogP contribution in [0, 0.1) is 25.2 Å². The molecule has 0 saturated heterocycles. The molecule has 0 aromatic heterocycles. The van der Waals surface area contributed by atoms with E-state index >= 15 is 0 Å². The summed E-state index contributed by atoms with van der Waals surface area (Å²) in [5.74, 6) is -0.195. The highest BCUT2D eigenvalue weighted by Crippen LogP contribution is 2.21. The predicted molar refractivity (Wildman–Crippen MR) is 127 cm³/mol. The largest absolute Gasteiger partial charge is 0.489 e. The normalized spacial score (nSPS) is 10.8. The summed E-state index contributed by atoms with van der Waals surface area (Å²) in [7, 11) is 1.34. The van der Waals surface area contributed by atoms with E-state index in [0.29, 0.717) is 29.2 Å². The van der Waals surface area contributed by atoms with Crippen molar-refractivity contribution in [1.29, 1.82) is 5.26 Å². The van der Waals surface area contributed by atoms with Crippen LogP contribution in [0.3, 0.4) is 0 Å². The SMILES string of the molecule is COC(=O)c1ccc(COc2ccc(/C=C(\C#N)C(=O)Nc3c(C)cccc3C)cc2)cc1. The standard InChI is InChI=1S/C27H24N2O4/c1-18-5-4-6-19(2)25(18)29-26(30)23(16-28)15-20-9-13-24(14-10-20)33-17-21-7-11-22(12-8-21)27(31)32-3/h4-15H,17H2,1-3H3,(H,29,30)/b23-15+. The van der Waals surface area contributed by atoms with Crippen LogP contribution in [0.2, 0.25) is 0 Å². The molecule has 0 fully saturated rings. The molecule has 0 saturated carbocycles. The number of amides is 1. The van der Waals surface area contributed by atoms with E-state index in [0.717, 1.165) is 16.7 Å². The maximum absolute atomic E-state index is 12.6. The second-order valence-corrected chi connectivity index (χ2v) is 7.44. The van der Waals surface area contributed by atoms with Crippen molar-refractivity contribution in [1.82, 2.24) is 0 Å². The molecular weight excluding hydrogens is 416 g/mol. The van der Waals surface area contributed by atoms with Gasteiger partial charge in [-0.2, -0.15) is 5.26 Å². The molecule has 166 valence electrons. The third kappa shape index (κ3) is 6.08. The maximum atomic E-state index is 12.6.